The van der Waals surface area contributed by atoms with E-state index in [9.17, 15) is 9.59 Å². The molecule has 0 atom stereocenters. The van der Waals surface area contributed by atoms with Crippen molar-refractivity contribution in [2.45, 2.75) is 32.8 Å². The number of aromatic nitrogens is 2. The Labute approximate surface area is 177 Å². The molecule has 3 heterocycles. The van der Waals surface area contributed by atoms with Gasteiger partial charge in [-0.1, -0.05) is 17.4 Å². The highest BCUT2D eigenvalue weighted by molar-refractivity contribution is 7.22. The van der Waals surface area contributed by atoms with E-state index in [-0.39, 0.29) is 12.0 Å². The molecule has 9 heteroatoms. The fraction of sp³-hybridized carbons (Fsp3) is 0.333. The number of nitrogens with zero attached hydrogens (tertiary/aromatic N) is 2. The second kappa shape index (κ2) is 8.76. The molecule has 4 rings (SSSR count). The van der Waals surface area contributed by atoms with Gasteiger partial charge in [0.05, 0.1) is 34.8 Å². The standard InChI is InChI=1S/C21H22N4O4S/c1-12-18(25-21(27)29-16-5-7-28-8-6-16)9-15(11-22-12)14-3-4-17-19(10-14)30-20(24-17)23-13(2)26/h3-4,9-11,16H,5-8H2,1-2H3,(H,25,27)(H,23,24,26). The van der Waals surface area contributed by atoms with Crippen LogP contribution in [0.5, 0.6) is 0 Å². The summed E-state index contributed by atoms with van der Waals surface area (Å²) < 4.78 is 11.7. The van der Waals surface area contributed by atoms with Crippen LogP contribution in [0.3, 0.4) is 0 Å². The first-order valence-electron chi connectivity index (χ1n) is 9.68. The van der Waals surface area contributed by atoms with Crippen molar-refractivity contribution < 1.29 is 19.1 Å². The second-order valence-corrected chi connectivity index (χ2v) is 8.11. The van der Waals surface area contributed by atoms with Gasteiger partial charge in [0.15, 0.2) is 5.13 Å². The minimum absolute atomic E-state index is 0.123. The lowest BCUT2D eigenvalue weighted by Gasteiger charge is -2.22. The Balaban J connectivity index is 1.53. The topological polar surface area (TPSA) is 102 Å². The molecule has 0 aliphatic carbocycles. The molecular formula is C21H22N4O4S. The van der Waals surface area contributed by atoms with Gasteiger partial charge < -0.3 is 14.8 Å². The average Bonchev–Trinajstić information content (AvgIpc) is 3.11. The zero-order valence-corrected chi connectivity index (χ0v) is 17.5. The van der Waals surface area contributed by atoms with Crippen LogP contribution in [0.25, 0.3) is 21.3 Å². The zero-order chi connectivity index (χ0) is 21.1. The van der Waals surface area contributed by atoms with E-state index < -0.39 is 6.09 Å². The number of rotatable bonds is 4. The quantitative estimate of drug-likeness (QED) is 0.643. The van der Waals surface area contributed by atoms with E-state index >= 15 is 0 Å². The molecule has 3 aromatic rings. The highest BCUT2D eigenvalue weighted by atomic mass is 32.1. The molecule has 2 aromatic heterocycles. The van der Waals surface area contributed by atoms with E-state index in [0.717, 1.165) is 21.3 Å². The highest BCUT2D eigenvalue weighted by Crippen LogP contribution is 2.31. The number of benzene rings is 1. The number of hydrogen-bond acceptors (Lipinski definition) is 7. The first-order valence-corrected chi connectivity index (χ1v) is 10.5. The number of amides is 2. The summed E-state index contributed by atoms with van der Waals surface area (Å²) in [5.74, 6) is -0.152. The smallest absolute Gasteiger partial charge is 0.411 e. The number of thiazole rings is 1. The number of hydrogen-bond donors (Lipinski definition) is 2. The van der Waals surface area contributed by atoms with Crippen molar-refractivity contribution in [1.29, 1.82) is 0 Å². The van der Waals surface area contributed by atoms with Crippen LogP contribution in [0, 0.1) is 6.92 Å². The number of carbonyl (C=O) groups excluding carboxylic acids is 2. The van der Waals surface area contributed by atoms with Crippen LogP contribution in [0.15, 0.2) is 30.5 Å². The van der Waals surface area contributed by atoms with Gasteiger partial charge in [0.1, 0.15) is 6.10 Å². The summed E-state index contributed by atoms with van der Waals surface area (Å²) >= 11 is 1.41. The van der Waals surface area contributed by atoms with Crippen molar-refractivity contribution in [1.82, 2.24) is 9.97 Å². The molecule has 1 saturated heterocycles. The molecule has 8 nitrogen and oxygen atoms in total. The van der Waals surface area contributed by atoms with Gasteiger partial charge >= 0.3 is 6.09 Å². The predicted octanol–water partition coefficient (Wildman–Crippen LogP) is 4.35. The number of anilines is 2. The Hall–Kier alpha value is -3.04. The van der Waals surface area contributed by atoms with Crippen LogP contribution in [-0.4, -0.2) is 41.3 Å². The summed E-state index contributed by atoms with van der Waals surface area (Å²) in [6.07, 6.45) is 2.57. The van der Waals surface area contributed by atoms with Gasteiger partial charge in [-0.2, -0.15) is 0 Å². The number of fused-ring (bicyclic) bond motifs is 1. The Kier molecular flexibility index (Phi) is 5.91. The van der Waals surface area contributed by atoms with Crippen molar-refractivity contribution in [3.05, 3.63) is 36.2 Å². The summed E-state index contributed by atoms with van der Waals surface area (Å²) in [5, 5.41) is 6.09. The van der Waals surface area contributed by atoms with Gasteiger partial charge in [-0.15, -0.1) is 0 Å². The van der Waals surface area contributed by atoms with Crippen LogP contribution in [0.4, 0.5) is 15.6 Å². The summed E-state index contributed by atoms with van der Waals surface area (Å²) in [7, 11) is 0. The first kappa shape index (κ1) is 20.2. The lowest BCUT2D eigenvalue weighted by atomic mass is 10.1. The molecule has 0 saturated carbocycles. The van der Waals surface area contributed by atoms with E-state index in [4.69, 9.17) is 9.47 Å². The third-order valence-electron chi connectivity index (χ3n) is 4.77. The number of carbonyl (C=O) groups is 2. The number of aryl methyl sites for hydroxylation is 1. The van der Waals surface area contributed by atoms with E-state index in [0.29, 0.717) is 42.6 Å². The predicted molar refractivity (Wildman–Crippen MR) is 116 cm³/mol. The molecular weight excluding hydrogens is 404 g/mol. The summed E-state index contributed by atoms with van der Waals surface area (Å²) in [6.45, 7) is 4.51. The molecule has 0 unspecified atom stereocenters. The molecule has 1 aliphatic heterocycles. The van der Waals surface area contributed by atoms with Crippen LogP contribution in [0.2, 0.25) is 0 Å². The lowest BCUT2D eigenvalue weighted by molar-refractivity contribution is -0.114. The van der Waals surface area contributed by atoms with Gasteiger partial charge in [0.2, 0.25) is 5.91 Å². The Morgan fingerprint density at radius 2 is 1.97 bits per heavy atom. The maximum Gasteiger partial charge on any atom is 0.411 e. The normalized spacial score (nSPS) is 14.5. The minimum atomic E-state index is -0.484. The molecule has 1 aromatic carbocycles. The highest BCUT2D eigenvalue weighted by Gasteiger charge is 2.19. The fourth-order valence-corrected chi connectivity index (χ4v) is 4.16. The third kappa shape index (κ3) is 4.74. The zero-order valence-electron chi connectivity index (χ0n) is 16.7. The van der Waals surface area contributed by atoms with Crippen LogP contribution >= 0.6 is 11.3 Å². The largest absolute Gasteiger partial charge is 0.446 e. The summed E-state index contributed by atoms with van der Waals surface area (Å²) in [5.41, 5.74) is 3.92. The molecule has 1 aliphatic rings. The van der Waals surface area contributed by atoms with Gasteiger partial charge in [-0.25, -0.2) is 9.78 Å². The number of nitrogens with one attached hydrogen (secondary N) is 2. The van der Waals surface area contributed by atoms with Gasteiger partial charge in [0, 0.05) is 31.5 Å². The Morgan fingerprint density at radius 1 is 1.17 bits per heavy atom. The van der Waals surface area contributed by atoms with E-state index in [2.05, 4.69) is 20.6 Å². The second-order valence-electron chi connectivity index (χ2n) is 7.08. The maximum absolute atomic E-state index is 12.3. The van der Waals surface area contributed by atoms with Gasteiger partial charge in [-0.05, 0) is 30.7 Å². The van der Waals surface area contributed by atoms with Crippen LogP contribution in [-0.2, 0) is 14.3 Å². The Bertz CT molecular complexity index is 1090. The molecule has 30 heavy (non-hydrogen) atoms. The SMILES string of the molecule is CC(=O)Nc1nc2ccc(-c3cnc(C)c(NC(=O)OC4CCOCC4)c3)cc2s1. The number of ether oxygens (including phenoxy) is 2. The van der Waals surface area contributed by atoms with E-state index in [1.807, 2.05) is 31.2 Å². The minimum Gasteiger partial charge on any atom is -0.446 e. The molecule has 0 radical (unpaired) electrons. The lowest BCUT2D eigenvalue weighted by Crippen LogP contribution is -2.28. The summed E-state index contributed by atoms with van der Waals surface area (Å²) in [4.78, 5) is 32.4. The van der Waals surface area contributed by atoms with E-state index in [1.165, 1.54) is 18.3 Å². The van der Waals surface area contributed by atoms with Gasteiger partial charge in [-0.3, -0.25) is 15.1 Å². The number of pyridine rings is 1. The third-order valence-corrected chi connectivity index (χ3v) is 5.70. The van der Waals surface area contributed by atoms with Crippen LogP contribution in [0.1, 0.15) is 25.5 Å². The monoisotopic (exact) mass is 426 g/mol. The fourth-order valence-electron chi connectivity index (χ4n) is 3.21. The van der Waals surface area contributed by atoms with Crippen molar-refractivity contribution in [2.24, 2.45) is 0 Å². The van der Waals surface area contributed by atoms with Crippen molar-refractivity contribution >= 4 is 44.4 Å². The van der Waals surface area contributed by atoms with E-state index in [1.54, 1.807) is 6.20 Å². The average molecular weight is 426 g/mol. The van der Waals surface area contributed by atoms with Crippen molar-refractivity contribution in [3.63, 3.8) is 0 Å². The van der Waals surface area contributed by atoms with Crippen molar-refractivity contribution in [2.75, 3.05) is 23.8 Å². The molecule has 0 bridgehead atoms. The molecule has 0 spiro atoms. The Morgan fingerprint density at radius 3 is 2.73 bits per heavy atom. The maximum atomic E-state index is 12.3. The molecule has 156 valence electrons. The molecule has 1 fully saturated rings. The van der Waals surface area contributed by atoms with Crippen LogP contribution < -0.4 is 10.6 Å². The first-order chi connectivity index (χ1) is 14.5. The molecule has 2 amide bonds. The summed E-state index contributed by atoms with van der Waals surface area (Å²) in [6, 6.07) is 7.72. The molecule has 2 N–H and O–H groups in total. The van der Waals surface area contributed by atoms with Crippen molar-refractivity contribution in [3.8, 4) is 11.1 Å². The van der Waals surface area contributed by atoms with Gasteiger partial charge in [0.25, 0.3) is 0 Å².